The standard InChI is InChI=1S/C20H19N3O2.HI/c1-3-15-12-22(2)11-10-18(15)21-19(24)8-9-20(25)23-13-16-6-4-5-7-17(16)14-23;/h1,4-7,10-12H,8-9,13-14H2,2H3;1H. The Balaban J connectivity index is 0.00000243. The smallest absolute Gasteiger partial charge is 0.224 e. The van der Waals surface area contributed by atoms with Crippen LogP contribution in [-0.2, 0) is 29.7 Å². The second-order valence-electron chi connectivity index (χ2n) is 6.15. The fourth-order valence-electron chi connectivity index (χ4n) is 2.92. The first-order chi connectivity index (χ1) is 12.1. The zero-order valence-electron chi connectivity index (χ0n) is 14.5. The fraction of sp³-hybridized carbons (Fsp3) is 0.250. The first kappa shape index (κ1) is 19.9. The molecule has 1 N–H and O–H groups in total. The van der Waals surface area contributed by atoms with Gasteiger partial charge in [-0.1, -0.05) is 30.2 Å². The first-order valence-corrected chi connectivity index (χ1v) is 8.17. The fourth-order valence-corrected chi connectivity index (χ4v) is 2.92. The van der Waals surface area contributed by atoms with Crippen molar-refractivity contribution in [2.24, 2.45) is 7.05 Å². The number of anilines is 1. The van der Waals surface area contributed by atoms with Crippen molar-refractivity contribution in [3.05, 3.63) is 59.4 Å². The van der Waals surface area contributed by atoms with Crippen molar-refractivity contribution in [3.63, 3.8) is 0 Å². The molecule has 26 heavy (non-hydrogen) atoms. The lowest BCUT2D eigenvalue weighted by molar-refractivity contribution is -0.671. The number of aromatic nitrogens is 1. The molecule has 0 bridgehead atoms. The summed E-state index contributed by atoms with van der Waals surface area (Å²) in [6, 6.07) is 9.77. The topological polar surface area (TPSA) is 53.3 Å². The number of hydrogen-bond acceptors (Lipinski definition) is 2. The number of terminal acetylenes is 1. The number of amides is 2. The van der Waals surface area contributed by atoms with Gasteiger partial charge in [0.05, 0.1) is 5.69 Å². The molecule has 0 radical (unpaired) electrons. The van der Waals surface area contributed by atoms with Crippen LogP contribution in [0.2, 0.25) is 0 Å². The minimum atomic E-state index is -0.213. The maximum absolute atomic E-state index is 12.3. The first-order valence-electron chi connectivity index (χ1n) is 8.17. The number of benzene rings is 1. The molecule has 0 aliphatic carbocycles. The Morgan fingerprint density at radius 1 is 1.19 bits per heavy atom. The van der Waals surface area contributed by atoms with Gasteiger partial charge < -0.3 is 34.2 Å². The summed E-state index contributed by atoms with van der Waals surface area (Å²) >= 11 is 0. The summed E-state index contributed by atoms with van der Waals surface area (Å²) in [5.74, 6) is 2.33. The van der Waals surface area contributed by atoms with Gasteiger partial charge in [-0.15, -0.1) is 6.42 Å². The summed E-state index contributed by atoms with van der Waals surface area (Å²) < 4.78 is 1.82. The van der Waals surface area contributed by atoms with Crippen LogP contribution in [0.25, 0.3) is 0 Å². The van der Waals surface area contributed by atoms with Gasteiger partial charge in [0.25, 0.3) is 0 Å². The highest BCUT2D eigenvalue weighted by molar-refractivity contribution is 5.94. The summed E-state index contributed by atoms with van der Waals surface area (Å²) in [5, 5.41) is 2.79. The largest absolute Gasteiger partial charge is 1.00 e. The summed E-state index contributed by atoms with van der Waals surface area (Å²) in [7, 11) is 1.86. The summed E-state index contributed by atoms with van der Waals surface area (Å²) in [6.07, 6.45) is 9.36. The van der Waals surface area contributed by atoms with Gasteiger partial charge in [-0.25, -0.2) is 4.57 Å². The van der Waals surface area contributed by atoms with E-state index in [1.165, 1.54) is 11.1 Å². The average molecular weight is 461 g/mol. The second-order valence-corrected chi connectivity index (χ2v) is 6.15. The molecule has 2 heterocycles. The molecule has 0 fully saturated rings. The van der Waals surface area contributed by atoms with Crippen LogP contribution in [-0.4, -0.2) is 16.7 Å². The molecule has 3 rings (SSSR count). The number of nitrogens with one attached hydrogen (secondary N) is 1. The molecule has 134 valence electrons. The van der Waals surface area contributed by atoms with E-state index in [4.69, 9.17) is 6.42 Å². The monoisotopic (exact) mass is 461 g/mol. The van der Waals surface area contributed by atoms with E-state index < -0.39 is 0 Å². The highest BCUT2D eigenvalue weighted by Gasteiger charge is 2.23. The van der Waals surface area contributed by atoms with Crippen LogP contribution >= 0.6 is 0 Å². The van der Waals surface area contributed by atoms with E-state index in [0.717, 1.165) is 0 Å². The van der Waals surface area contributed by atoms with Crippen molar-refractivity contribution in [2.75, 3.05) is 5.32 Å². The van der Waals surface area contributed by atoms with E-state index in [-0.39, 0.29) is 48.6 Å². The van der Waals surface area contributed by atoms with Crippen LogP contribution < -0.4 is 33.9 Å². The maximum Gasteiger partial charge on any atom is 0.224 e. The molecular weight excluding hydrogens is 441 g/mol. The normalized spacial score (nSPS) is 11.9. The van der Waals surface area contributed by atoms with E-state index in [9.17, 15) is 9.59 Å². The van der Waals surface area contributed by atoms with Crippen LogP contribution in [0.1, 0.15) is 29.5 Å². The lowest BCUT2D eigenvalue weighted by atomic mass is 10.1. The number of carbonyl (C=O) groups excluding carboxylic acids is 2. The minimum absolute atomic E-state index is 0. The molecule has 6 heteroatoms. The van der Waals surface area contributed by atoms with Crippen molar-refractivity contribution in [1.82, 2.24) is 4.90 Å². The number of nitrogens with zero attached hydrogens (tertiary/aromatic N) is 2. The Morgan fingerprint density at radius 3 is 2.46 bits per heavy atom. The SMILES string of the molecule is C#Cc1c[n+](C)ccc1NC(=O)CCC(=O)N1Cc2ccccc2C1.[I-]. The lowest BCUT2D eigenvalue weighted by Gasteiger charge is -2.15. The number of aryl methyl sites for hydroxylation is 1. The van der Waals surface area contributed by atoms with Gasteiger partial charge in [0.1, 0.15) is 12.6 Å². The molecule has 2 amide bonds. The van der Waals surface area contributed by atoms with Crippen molar-refractivity contribution in [1.29, 1.82) is 0 Å². The summed E-state index contributed by atoms with van der Waals surface area (Å²) in [5.41, 5.74) is 3.55. The van der Waals surface area contributed by atoms with Crippen LogP contribution in [0.5, 0.6) is 0 Å². The van der Waals surface area contributed by atoms with Gasteiger partial charge >= 0.3 is 0 Å². The molecule has 0 unspecified atom stereocenters. The molecule has 1 aromatic heterocycles. The summed E-state index contributed by atoms with van der Waals surface area (Å²) in [6.45, 7) is 1.24. The third kappa shape index (κ3) is 4.61. The number of rotatable bonds is 4. The molecule has 1 aliphatic rings. The molecule has 5 nitrogen and oxygen atoms in total. The van der Waals surface area contributed by atoms with E-state index in [2.05, 4.69) is 11.2 Å². The van der Waals surface area contributed by atoms with Gasteiger partial charge in [0, 0.05) is 32.0 Å². The van der Waals surface area contributed by atoms with Gasteiger partial charge in [0.2, 0.25) is 11.8 Å². The Morgan fingerprint density at radius 2 is 1.85 bits per heavy atom. The third-order valence-electron chi connectivity index (χ3n) is 4.29. The van der Waals surface area contributed by atoms with Crippen molar-refractivity contribution < 1.29 is 38.1 Å². The number of carbonyl (C=O) groups is 2. The van der Waals surface area contributed by atoms with E-state index in [0.29, 0.717) is 24.3 Å². The van der Waals surface area contributed by atoms with Crippen LogP contribution in [0.4, 0.5) is 5.69 Å². The number of pyridine rings is 1. The zero-order chi connectivity index (χ0) is 17.8. The van der Waals surface area contributed by atoms with Gasteiger partial charge in [-0.3, -0.25) is 9.59 Å². The van der Waals surface area contributed by atoms with Crippen LogP contribution in [0.15, 0.2) is 42.7 Å². The van der Waals surface area contributed by atoms with Gasteiger partial charge in [-0.05, 0) is 11.1 Å². The van der Waals surface area contributed by atoms with Gasteiger partial charge in [0.15, 0.2) is 12.4 Å². The number of fused-ring (bicyclic) bond motifs is 1. The van der Waals surface area contributed by atoms with E-state index in [1.807, 2.05) is 42.1 Å². The van der Waals surface area contributed by atoms with E-state index >= 15 is 0 Å². The Kier molecular flexibility index (Phi) is 6.75. The average Bonchev–Trinajstić information content (AvgIpc) is 3.05. The number of halogens is 1. The van der Waals surface area contributed by atoms with E-state index in [1.54, 1.807) is 17.2 Å². The highest BCUT2D eigenvalue weighted by Crippen LogP contribution is 2.23. The molecule has 2 aromatic rings. The molecule has 0 saturated carbocycles. The molecule has 0 atom stereocenters. The molecule has 1 aromatic carbocycles. The Labute approximate surface area is 170 Å². The molecular formula is C20H20IN3O2. The van der Waals surface area contributed by atoms with Gasteiger partial charge in [-0.2, -0.15) is 0 Å². The zero-order valence-corrected chi connectivity index (χ0v) is 16.7. The molecule has 0 spiro atoms. The predicted octanol–water partition coefficient (Wildman–Crippen LogP) is -1.24. The second kappa shape index (κ2) is 8.81. The predicted molar refractivity (Wildman–Crippen MR) is 94.1 cm³/mol. The Hall–Kier alpha value is -2.40. The lowest BCUT2D eigenvalue weighted by Crippen LogP contribution is -3.00. The minimum Gasteiger partial charge on any atom is -1.00 e. The Bertz CT molecular complexity index is 849. The summed E-state index contributed by atoms with van der Waals surface area (Å²) in [4.78, 5) is 26.3. The van der Waals surface area contributed by atoms with Crippen molar-refractivity contribution >= 4 is 17.5 Å². The molecule has 1 aliphatic heterocycles. The van der Waals surface area contributed by atoms with Crippen LogP contribution in [0, 0.1) is 12.3 Å². The third-order valence-corrected chi connectivity index (χ3v) is 4.29. The van der Waals surface area contributed by atoms with Crippen molar-refractivity contribution in [3.8, 4) is 12.3 Å². The quantitative estimate of drug-likeness (QED) is 0.352. The van der Waals surface area contributed by atoms with Crippen molar-refractivity contribution in [2.45, 2.75) is 25.9 Å². The maximum atomic E-state index is 12.3. The highest BCUT2D eigenvalue weighted by atomic mass is 127. The van der Waals surface area contributed by atoms with Crippen LogP contribution in [0.3, 0.4) is 0 Å². The molecule has 0 saturated heterocycles. The number of hydrogen-bond donors (Lipinski definition) is 1.